The predicted octanol–water partition coefficient (Wildman–Crippen LogP) is 3.01. The van der Waals surface area contributed by atoms with E-state index >= 15 is 0 Å². The first-order valence-corrected chi connectivity index (χ1v) is 7.02. The molecule has 2 rings (SSSR count). The van der Waals surface area contributed by atoms with Crippen molar-refractivity contribution < 1.29 is 9.53 Å². The van der Waals surface area contributed by atoms with Gasteiger partial charge in [0.1, 0.15) is 6.04 Å². The monoisotopic (exact) mass is 283 g/mol. The van der Waals surface area contributed by atoms with Gasteiger partial charge in [-0.15, -0.1) is 0 Å². The van der Waals surface area contributed by atoms with E-state index in [1.807, 2.05) is 12.1 Å². The Hall–Kier alpha value is -2.13. The Morgan fingerprint density at radius 1 is 1.14 bits per heavy atom. The predicted molar refractivity (Wildman–Crippen MR) is 85.0 cm³/mol. The van der Waals surface area contributed by atoms with Crippen LogP contribution in [0, 0.1) is 13.8 Å². The smallest absolute Gasteiger partial charge is 0.322 e. The molecule has 21 heavy (non-hydrogen) atoms. The Labute approximate surface area is 125 Å². The number of esters is 1. The molecule has 3 heteroatoms. The van der Waals surface area contributed by atoms with Crippen LogP contribution in [-0.4, -0.2) is 19.1 Å². The summed E-state index contributed by atoms with van der Waals surface area (Å²) in [6.45, 7) is 4.24. The highest BCUT2D eigenvalue weighted by Crippen LogP contribution is 2.25. The zero-order valence-electron chi connectivity index (χ0n) is 12.7. The summed E-state index contributed by atoms with van der Waals surface area (Å²) >= 11 is 0. The van der Waals surface area contributed by atoms with Gasteiger partial charge in [-0.05, 0) is 48.1 Å². The van der Waals surface area contributed by atoms with Gasteiger partial charge in [-0.2, -0.15) is 0 Å². The van der Waals surface area contributed by atoms with Crippen LogP contribution in [0.3, 0.4) is 0 Å². The van der Waals surface area contributed by atoms with E-state index in [-0.39, 0.29) is 5.97 Å². The van der Waals surface area contributed by atoms with Gasteiger partial charge in [0.25, 0.3) is 0 Å². The van der Waals surface area contributed by atoms with E-state index in [9.17, 15) is 4.79 Å². The van der Waals surface area contributed by atoms with Crippen LogP contribution in [0.4, 0.5) is 0 Å². The second-order valence-corrected chi connectivity index (χ2v) is 5.28. The van der Waals surface area contributed by atoms with Crippen LogP contribution in [-0.2, 0) is 16.0 Å². The van der Waals surface area contributed by atoms with Crippen molar-refractivity contribution in [2.24, 2.45) is 5.73 Å². The van der Waals surface area contributed by atoms with Gasteiger partial charge >= 0.3 is 5.97 Å². The number of hydrogen-bond donors (Lipinski definition) is 1. The lowest BCUT2D eigenvalue weighted by molar-refractivity contribution is -0.142. The van der Waals surface area contributed by atoms with Gasteiger partial charge in [0.05, 0.1) is 7.11 Å². The lowest BCUT2D eigenvalue weighted by atomic mass is 9.95. The third-order valence-corrected chi connectivity index (χ3v) is 3.83. The second-order valence-electron chi connectivity index (χ2n) is 5.28. The summed E-state index contributed by atoms with van der Waals surface area (Å²) in [5, 5.41) is 0. The van der Waals surface area contributed by atoms with Crippen LogP contribution in [0.1, 0.15) is 16.7 Å². The number of nitrogens with two attached hydrogens (primary N) is 1. The second kappa shape index (κ2) is 6.55. The van der Waals surface area contributed by atoms with Crippen LogP contribution in [0.5, 0.6) is 0 Å². The first kappa shape index (κ1) is 15.3. The lowest BCUT2D eigenvalue weighted by Gasteiger charge is -2.11. The minimum Gasteiger partial charge on any atom is -0.468 e. The maximum Gasteiger partial charge on any atom is 0.322 e. The van der Waals surface area contributed by atoms with Gasteiger partial charge in [0.2, 0.25) is 0 Å². The number of methoxy groups -OCH3 is 1. The number of ether oxygens (including phenoxy) is 1. The fourth-order valence-corrected chi connectivity index (χ4v) is 2.37. The van der Waals surface area contributed by atoms with E-state index < -0.39 is 6.04 Å². The molecule has 0 heterocycles. The molecule has 0 saturated carbocycles. The number of carbonyl (C=O) groups excluding carboxylic acids is 1. The zero-order chi connectivity index (χ0) is 15.4. The summed E-state index contributed by atoms with van der Waals surface area (Å²) in [6.07, 6.45) is 0.486. The van der Waals surface area contributed by atoms with E-state index in [0.29, 0.717) is 6.42 Å². The fourth-order valence-electron chi connectivity index (χ4n) is 2.37. The Kier molecular flexibility index (Phi) is 4.76. The lowest BCUT2D eigenvalue weighted by Crippen LogP contribution is -2.33. The zero-order valence-corrected chi connectivity index (χ0v) is 12.7. The minimum absolute atomic E-state index is 0.381. The van der Waals surface area contributed by atoms with Gasteiger partial charge in [-0.1, -0.05) is 42.5 Å². The third kappa shape index (κ3) is 3.50. The Bertz CT molecular complexity index is 632. The molecule has 0 saturated heterocycles. The molecule has 2 aromatic carbocycles. The number of aryl methyl sites for hydroxylation is 1. The topological polar surface area (TPSA) is 52.3 Å². The van der Waals surface area contributed by atoms with E-state index in [4.69, 9.17) is 5.73 Å². The number of hydrogen-bond acceptors (Lipinski definition) is 3. The van der Waals surface area contributed by atoms with Crippen LogP contribution >= 0.6 is 0 Å². The van der Waals surface area contributed by atoms with E-state index in [1.165, 1.54) is 29.4 Å². The molecule has 2 N–H and O–H groups in total. The van der Waals surface area contributed by atoms with Crippen molar-refractivity contribution >= 4 is 5.97 Å². The highest BCUT2D eigenvalue weighted by molar-refractivity contribution is 5.76. The molecule has 0 amide bonds. The van der Waals surface area contributed by atoms with Crippen LogP contribution in [0.25, 0.3) is 11.1 Å². The third-order valence-electron chi connectivity index (χ3n) is 3.83. The maximum atomic E-state index is 11.3. The molecule has 0 aliphatic rings. The van der Waals surface area contributed by atoms with E-state index in [2.05, 4.69) is 48.9 Å². The molecule has 0 fully saturated rings. The quantitative estimate of drug-likeness (QED) is 0.878. The maximum absolute atomic E-state index is 11.3. The Morgan fingerprint density at radius 2 is 1.81 bits per heavy atom. The van der Waals surface area contributed by atoms with Gasteiger partial charge in [-0.25, -0.2) is 0 Å². The average Bonchev–Trinajstić information content (AvgIpc) is 2.50. The van der Waals surface area contributed by atoms with Gasteiger partial charge in [0, 0.05) is 0 Å². The van der Waals surface area contributed by atoms with Gasteiger partial charge in [0.15, 0.2) is 0 Å². The molecule has 0 aliphatic carbocycles. The van der Waals surface area contributed by atoms with Crippen LogP contribution in [0.15, 0.2) is 42.5 Å². The minimum atomic E-state index is -0.610. The highest BCUT2D eigenvalue weighted by Gasteiger charge is 2.14. The summed E-state index contributed by atoms with van der Waals surface area (Å²) in [4.78, 5) is 11.3. The molecule has 0 bridgehead atoms. The molecule has 0 aromatic heterocycles. The summed E-state index contributed by atoms with van der Waals surface area (Å²) in [6, 6.07) is 13.9. The molecule has 0 unspecified atom stereocenters. The Balaban J connectivity index is 2.19. The molecular weight excluding hydrogens is 262 g/mol. The molecule has 0 spiro atoms. The first-order valence-electron chi connectivity index (χ1n) is 7.02. The number of carbonyl (C=O) groups is 1. The Morgan fingerprint density at radius 3 is 2.43 bits per heavy atom. The molecule has 110 valence electrons. The van der Waals surface area contributed by atoms with Crippen molar-refractivity contribution in [3.63, 3.8) is 0 Å². The summed E-state index contributed by atoms with van der Waals surface area (Å²) in [7, 11) is 1.35. The first-order chi connectivity index (χ1) is 10.0. The molecule has 2 aromatic rings. The normalized spacial score (nSPS) is 12.0. The van der Waals surface area contributed by atoms with Crippen molar-refractivity contribution in [3.05, 3.63) is 59.2 Å². The van der Waals surface area contributed by atoms with Crippen LogP contribution < -0.4 is 5.73 Å². The molecule has 0 radical (unpaired) electrons. The van der Waals surface area contributed by atoms with Crippen molar-refractivity contribution in [2.45, 2.75) is 26.3 Å². The SMILES string of the molecule is COC(=O)[C@@H](N)Cc1ccc(-c2cccc(C)c2C)cc1. The average molecular weight is 283 g/mol. The number of rotatable bonds is 4. The fraction of sp³-hybridized carbons (Fsp3) is 0.278. The molecule has 1 atom stereocenters. The van der Waals surface area contributed by atoms with E-state index in [1.54, 1.807) is 0 Å². The van der Waals surface area contributed by atoms with Crippen molar-refractivity contribution in [1.29, 1.82) is 0 Å². The van der Waals surface area contributed by atoms with Gasteiger partial charge in [-0.3, -0.25) is 4.79 Å². The molecule has 3 nitrogen and oxygen atoms in total. The van der Waals surface area contributed by atoms with Crippen molar-refractivity contribution in [3.8, 4) is 11.1 Å². The van der Waals surface area contributed by atoms with Crippen LogP contribution in [0.2, 0.25) is 0 Å². The summed E-state index contributed by atoms with van der Waals surface area (Å²) < 4.78 is 4.64. The van der Waals surface area contributed by atoms with E-state index in [0.717, 1.165) is 5.56 Å². The summed E-state index contributed by atoms with van der Waals surface area (Å²) in [5.41, 5.74) is 11.8. The standard InChI is InChI=1S/C18H21NO2/c1-12-5-4-6-16(13(12)2)15-9-7-14(8-10-15)11-17(19)18(20)21-3/h4-10,17H,11,19H2,1-3H3/t17-/m0/s1. The summed E-state index contributed by atoms with van der Waals surface area (Å²) in [5.74, 6) is -0.381. The van der Waals surface area contributed by atoms with Crippen molar-refractivity contribution in [2.75, 3.05) is 7.11 Å². The molecular formula is C18H21NO2. The highest BCUT2D eigenvalue weighted by atomic mass is 16.5. The number of benzene rings is 2. The van der Waals surface area contributed by atoms with Crippen molar-refractivity contribution in [1.82, 2.24) is 0 Å². The largest absolute Gasteiger partial charge is 0.468 e. The molecule has 0 aliphatic heterocycles. The van der Waals surface area contributed by atoms with Gasteiger partial charge < -0.3 is 10.5 Å².